The highest BCUT2D eigenvalue weighted by molar-refractivity contribution is 5.63. The van der Waals surface area contributed by atoms with Crippen molar-refractivity contribution in [2.45, 2.75) is 78.7 Å². The van der Waals surface area contributed by atoms with Gasteiger partial charge in [0.2, 0.25) is 0 Å². The van der Waals surface area contributed by atoms with Crippen LogP contribution in [0.1, 0.15) is 72.6 Å². The first kappa shape index (κ1) is 31.1. The highest BCUT2D eigenvalue weighted by atomic mass is 16.5. The molecule has 0 spiro atoms. The summed E-state index contributed by atoms with van der Waals surface area (Å²) in [6.07, 6.45) is 25.4. The van der Waals surface area contributed by atoms with Crippen molar-refractivity contribution in [3.05, 3.63) is 59.7 Å². The van der Waals surface area contributed by atoms with Crippen LogP contribution in [-0.4, -0.2) is 62.6 Å². The standard InChI is InChI=1S/C29H47N5O.C2H6/c1-5-10-29(33(6-2)20-9-11-26(35-4)15-18-30-3)24-16-21-34(22-17-24)32-23-25-14-19-31-28-13-8-7-12-27(25)28;1-2/h7,9-10,12,15,18-20,24-26,30,32H,5-6,8,11,13-14,16-17,21-23H2,1-4H3;1-2H3/b18-15+,20-9+,29-10-;. The van der Waals surface area contributed by atoms with Gasteiger partial charge in [-0.1, -0.05) is 45.1 Å². The van der Waals surface area contributed by atoms with Gasteiger partial charge in [0, 0.05) is 69.8 Å². The van der Waals surface area contributed by atoms with Crippen molar-refractivity contribution < 1.29 is 4.74 Å². The molecule has 0 radical (unpaired) electrons. The largest absolute Gasteiger partial charge is 0.394 e. The van der Waals surface area contributed by atoms with Crippen molar-refractivity contribution in [2.24, 2.45) is 16.8 Å². The van der Waals surface area contributed by atoms with Gasteiger partial charge in [-0.3, -0.25) is 10.4 Å². The summed E-state index contributed by atoms with van der Waals surface area (Å²) in [6, 6.07) is 0. The van der Waals surface area contributed by atoms with E-state index in [-0.39, 0.29) is 6.10 Å². The molecule has 2 atom stereocenters. The van der Waals surface area contributed by atoms with E-state index in [1.807, 2.05) is 27.1 Å². The molecular weight excluding hydrogens is 458 g/mol. The van der Waals surface area contributed by atoms with E-state index in [2.05, 4.69) is 82.3 Å². The molecule has 2 unspecified atom stereocenters. The van der Waals surface area contributed by atoms with E-state index in [4.69, 9.17) is 4.74 Å². The van der Waals surface area contributed by atoms with E-state index in [1.54, 1.807) is 7.11 Å². The first-order valence-corrected chi connectivity index (χ1v) is 14.6. The molecule has 2 N–H and O–H groups in total. The summed E-state index contributed by atoms with van der Waals surface area (Å²) < 4.78 is 5.56. The molecule has 0 aromatic rings. The maximum Gasteiger partial charge on any atom is 0.0803 e. The number of ether oxygens (including phenoxy) is 1. The lowest BCUT2D eigenvalue weighted by molar-refractivity contribution is 0.121. The third kappa shape index (κ3) is 9.91. The number of aliphatic imine (C=N–C) groups is 1. The highest BCUT2D eigenvalue weighted by Gasteiger charge is 2.26. The van der Waals surface area contributed by atoms with Crippen LogP contribution in [0.5, 0.6) is 0 Å². The fourth-order valence-electron chi connectivity index (χ4n) is 5.25. The van der Waals surface area contributed by atoms with E-state index in [0.29, 0.717) is 11.8 Å². The van der Waals surface area contributed by atoms with Gasteiger partial charge in [0.15, 0.2) is 0 Å². The van der Waals surface area contributed by atoms with Crippen LogP contribution in [0, 0.1) is 11.8 Å². The van der Waals surface area contributed by atoms with Crippen molar-refractivity contribution >= 4 is 6.21 Å². The van der Waals surface area contributed by atoms with Crippen molar-refractivity contribution in [3.63, 3.8) is 0 Å². The van der Waals surface area contributed by atoms with Crippen molar-refractivity contribution in [1.82, 2.24) is 20.7 Å². The molecule has 1 fully saturated rings. The molecule has 0 amide bonds. The normalized spacial score (nSPS) is 21.8. The molecule has 6 heteroatoms. The monoisotopic (exact) mass is 511 g/mol. The van der Waals surface area contributed by atoms with Crippen molar-refractivity contribution in [2.75, 3.05) is 40.3 Å². The zero-order valence-corrected chi connectivity index (χ0v) is 24.4. The van der Waals surface area contributed by atoms with Crippen LogP contribution < -0.4 is 10.7 Å². The predicted octanol–water partition coefficient (Wildman–Crippen LogP) is 6.19. The second-order valence-corrected chi connectivity index (χ2v) is 9.58. The summed E-state index contributed by atoms with van der Waals surface area (Å²) in [7, 11) is 3.68. The van der Waals surface area contributed by atoms with Crippen molar-refractivity contribution in [3.8, 4) is 0 Å². The SMILES string of the molecule is CC.CC/C=C(/C1CCN(NCC2CC=NC3=C2C=CCC3)CC1)N(/C=C/CC(/C=C/NC)OC)CC. The third-order valence-electron chi connectivity index (χ3n) is 7.25. The molecule has 0 bridgehead atoms. The average Bonchev–Trinajstić information content (AvgIpc) is 2.96. The topological polar surface area (TPSA) is 52.1 Å². The van der Waals surface area contributed by atoms with Gasteiger partial charge < -0.3 is 15.0 Å². The van der Waals surface area contributed by atoms with Gasteiger partial charge in [0.25, 0.3) is 0 Å². The Hall–Kier alpha value is -2.15. The Morgan fingerprint density at radius 2 is 2.05 bits per heavy atom. The van der Waals surface area contributed by atoms with E-state index in [0.717, 1.165) is 58.3 Å². The minimum Gasteiger partial charge on any atom is -0.394 e. The Morgan fingerprint density at radius 3 is 2.73 bits per heavy atom. The zero-order valence-electron chi connectivity index (χ0n) is 24.4. The number of rotatable bonds is 13. The molecule has 6 nitrogen and oxygen atoms in total. The van der Waals surface area contributed by atoms with E-state index in [9.17, 15) is 0 Å². The van der Waals surface area contributed by atoms with Gasteiger partial charge in [0.05, 0.1) is 6.10 Å². The molecule has 2 aliphatic heterocycles. The van der Waals surface area contributed by atoms with Crippen molar-refractivity contribution in [1.29, 1.82) is 0 Å². The molecule has 1 saturated heterocycles. The minimum atomic E-state index is 0.0942. The summed E-state index contributed by atoms with van der Waals surface area (Å²) in [4.78, 5) is 7.09. The molecule has 37 heavy (non-hydrogen) atoms. The van der Waals surface area contributed by atoms with Crippen LogP contribution in [0.4, 0.5) is 0 Å². The summed E-state index contributed by atoms with van der Waals surface area (Å²) in [6.45, 7) is 12.7. The lowest BCUT2D eigenvalue weighted by Crippen LogP contribution is -2.46. The summed E-state index contributed by atoms with van der Waals surface area (Å²) in [5, 5.41) is 5.49. The number of allylic oxidation sites excluding steroid dienone is 5. The van der Waals surface area contributed by atoms with Gasteiger partial charge in [0.1, 0.15) is 0 Å². The Kier molecular flexibility index (Phi) is 15.2. The first-order chi connectivity index (χ1) is 18.2. The fraction of sp³-hybridized carbons (Fsp3) is 0.645. The molecule has 208 valence electrons. The summed E-state index contributed by atoms with van der Waals surface area (Å²) in [5.74, 6) is 1.16. The number of hydrazine groups is 1. The first-order valence-electron chi connectivity index (χ1n) is 14.6. The number of nitrogens with one attached hydrogen (secondary N) is 2. The number of methoxy groups -OCH3 is 1. The Labute approximate surface area is 227 Å². The zero-order chi connectivity index (χ0) is 26.9. The molecule has 2 heterocycles. The van der Waals surface area contributed by atoms with Gasteiger partial charge in [-0.25, -0.2) is 5.01 Å². The smallest absolute Gasteiger partial charge is 0.0803 e. The third-order valence-corrected chi connectivity index (χ3v) is 7.25. The molecule has 3 rings (SSSR count). The van der Waals surface area contributed by atoms with E-state index in [1.165, 1.54) is 29.8 Å². The van der Waals surface area contributed by atoms with Gasteiger partial charge >= 0.3 is 0 Å². The number of piperidine rings is 1. The summed E-state index contributed by atoms with van der Waals surface area (Å²) >= 11 is 0. The average molecular weight is 512 g/mol. The summed E-state index contributed by atoms with van der Waals surface area (Å²) in [5.41, 5.74) is 8.00. The second-order valence-electron chi connectivity index (χ2n) is 9.58. The van der Waals surface area contributed by atoms with Crippen LogP contribution in [0.15, 0.2) is 64.7 Å². The van der Waals surface area contributed by atoms with E-state index >= 15 is 0 Å². The van der Waals surface area contributed by atoms with Crippen LogP contribution in [0.3, 0.4) is 0 Å². The molecule has 0 aromatic carbocycles. The Morgan fingerprint density at radius 1 is 1.27 bits per heavy atom. The molecule has 3 aliphatic rings. The Balaban J connectivity index is 0.00000235. The molecule has 0 saturated carbocycles. The Bertz CT molecular complexity index is 817. The lowest BCUT2D eigenvalue weighted by atomic mass is 9.88. The minimum absolute atomic E-state index is 0.0942. The van der Waals surface area contributed by atoms with Gasteiger partial charge in [-0.05, 0) is 75.9 Å². The number of hydrogen-bond donors (Lipinski definition) is 2. The quantitative estimate of drug-likeness (QED) is 0.309. The fourth-order valence-corrected chi connectivity index (χ4v) is 5.25. The lowest BCUT2D eigenvalue weighted by Gasteiger charge is -2.37. The molecule has 1 aliphatic carbocycles. The van der Waals surface area contributed by atoms with Crippen LogP contribution >= 0.6 is 0 Å². The molecular formula is C31H53N5O. The van der Waals surface area contributed by atoms with Crippen LogP contribution in [-0.2, 0) is 4.74 Å². The maximum atomic E-state index is 5.56. The maximum absolute atomic E-state index is 5.56. The van der Waals surface area contributed by atoms with Gasteiger partial charge in [-0.15, -0.1) is 0 Å². The van der Waals surface area contributed by atoms with Crippen LogP contribution in [0.2, 0.25) is 0 Å². The second kappa shape index (κ2) is 18.2. The van der Waals surface area contributed by atoms with Gasteiger partial charge in [-0.2, -0.15) is 0 Å². The predicted molar refractivity (Wildman–Crippen MR) is 159 cm³/mol. The highest BCUT2D eigenvalue weighted by Crippen LogP contribution is 2.31. The van der Waals surface area contributed by atoms with E-state index < -0.39 is 0 Å². The number of nitrogens with zero attached hydrogens (tertiary/aromatic N) is 3. The number of hydrogen-bond acceptors (Lipinski definition) is 6. The van der Waals surface area contributed by atoms with Crippen LogP contribution in [0.25, 0.3) is 0 Å². The molecule has 0 aromatic heterocycles.